The molecular formula is C15H16N2O4. The topological polar surface area (TPSA) is 88.5 Å². The van der Waals surface area contributed by atoms with E-state index in [2.05, 4.69) is 10.3 Å². The number of carbonyl (C=O) groups excluding carboxylic acids is 1. The van der Waals surface area contributed by atoms with Crippen molar-refractivity contribution in [3.63, 3.8) is 0 Å². The average molecular weight is 288 g/mol. The number of aromatic nitrogens is 1. The number of fused-ring (bicyclic) bond motifs is 1. The van der Waals surface area contributed by atoms with E-state index < -0.39 is 17.7 Å². The predicted octanol–water partition coefficient (Wildman–Crippen LogP) is 3.28. The minimum atomic E-state index is -1.16. The molecule has 6 nitrogen and oxygen atoms in total. The van der Waals surface area contributed by atoms with Crippen LogP contribution < -0.4 is 5.32 Å². The van der Waals surface area contributed by atoms with E-state index in [4.69, 9.17) is 9.84 Å². The van der Waals surface area contributed by atoms with E-state index in [1.165, 1.54) is 6.07 Å². The van der Waals surface area contributed by atoms with E-state index >= 15 is 0 Å². The third-order valence-electron chi connectivity index (χ3n) is 2.57. The number of benzene rings is 1. The lowest BCUT2D eigenvalue weighted by molar-refractivity contribution is 0.0632. The van der Waals surface area contributed by atoms with Gasteiger partial charge in [-0.2, -0.15) is 0 Å². The number of nitrogens with one attached hydrogen (secondary N) is 1. The van der Waals surface area contributed by atoms with Crippen molar-refractivity contribution in [2.75, 3.05) is 5.32 Å². The van der Waals surface area contributed by atoms with Crippen LogP contribution in [0.1, 0.15) is 31.3 Å². The second-order valence-electron chi connectivity index (χ2n) is 5.50. The van der Waals surface area contributed by atoms with Crippen LogP contribution >= 0.6 is 0 Å². The first-order valence-electron chi connectivity index (χ1n) is 6.39. The molecule has 0 spiro atoms. The Morgan fingerprint density at radius 1 is 1.24 bits per heavy atom. The quantitative estimate of drug-likeness (QED) is 0.885. The normalized spacial score (nSPS) is 11.2. The highest BCUT2D eigenvalue weighted by atomic mass is 16.6. The Labute approximate surface area is 121 Å². The Hall–Kier alpha value is -2.63. The van der Waals surface area contributed by atoms with Gasteiger partial charge < -0.3 is 9.84 Å². The molecule has 2 N–H and O–H groups in total. The van der Waals surface area contributed by atoms with Crippen LogP contribution in [0, 0.1) is 0 Å². The lowest BCUT2D eigenvalue weighted by Crippen LogP contribution is -2.27. The molecule has 0 radical (unpaired) electrons. The average Bonchev–Trinajstić information content (AvgIpc) is 2.36. The SMILES string of the molecule is CC(C)(C)OC(=O)Nc1cc(C(=O)O)nc2ccccc12. The van der Waals surface area contributed by atoms with Crippen molar-refractivity contribution >= 4 is 28.7 Å². The number of rotatable bonds is 2. The molecule has 6 heteroatoms. The predicted molar refractivity (Wildman–Crippen MR) is 78.6 cm³/mol. The van der Waals surface area contributed by atoms with Crippen LogP contribution in [-0.4, -0.2) is 27.8 Å². The Balaban J connectivity index is 2.42. The van der Waals surface area contributed by atoms with E-state index in [1.807, 2.05) is 0 Å². The molecule has 1 aromatic heterocycles. The summed E-state index contributed by atoms with van der Waals surface area (Å²) in [6.45, 7) is 5.25. The third kappa shape index (κ3) is 3.68. The molecule has 0 saturated heterocycles. The van der Waals surface area contributed by atoms with E-state index in [0.717, 1.165) is 0 Å². The van der Waals surface area contributed by atoms with Crippen LogP contribution in [0.25, 0.3) is 10.9 Å². The molecule has 21 heavy (non-hydrogen) atoms. The lowest BCUT2D eigenvalue weighted by atomic mass is 10.1. The number of carbonyl (C=O) groups is 2. The molecule has 0 aliphatic carbocycles. The van der Waals surface area contributed by atoms with E-state index in [9.17, 15) is 9.59 Å². The second-order valence-corrected chi connectivity index (χ2v) is 5.50. The summed E-state index contributed by atoms with van der Waals surface area (Å²) in [7, 11) is 0. The van der Waals surface area contributed by atoms with Crippen molar-refractivity contribution in [1.29, 1.82) is 0 Å². The molecule has 2 aromatic rings. The van der Waals surface area contributed by atoms with Gasteiger partial charge in [0, 0.05) is 5.39 Å². The second kappa shape index (κ2) is 5.40. The van der Waals surface area contributed by atoms with Gasteiger partial charge in [0.05, 0.1) is 11.2 Å². The molecule has 2 rings (SSSR count). The van der Waals surface area contributed by atoms with Crippen LogP contribution in [0.15, 0.2) is 30.3 Å². The van der Waals surface area contributed by atoms with Crippen molar-refractivity contribution in [1.82, 2.24) is 4.98 Å². The van der Waals surface area contributed by atoms with Crippen LogP contribution in [0.2, 0.25) is 0 Å². The van der Waals surface area contributed by atoms with Gasteiger partial charge in [-0.15, -0.1) is 0 Å². The fourth-order valence-electron chi connectivity index (χ4n) is 1.80. The summed E-state index contributed by atoms with van der Waals surface area (Å²) in [5, 5.41) is 12.3. The van der Waals surface area contributed by atoms with Crippen molar-refractivity contribution in [3.8, 4) is 0 Å². The number of nitrogens with zero attached hydrogens (tertiary/aromatic N) is 1. The van der Waals surface area contributed by atoms with Crippen LogP contribution in [0.5, 0.6) is 0 Å². The minimum absolute atomic E-state index is 0.139. The highest BCUT2D eigenvalue weighted by Gasteiger charge is 2.18. The maximum atomic E-state index is 11.9. The van der Waals surface area contributed by atoms with Crippen LogP contribution in [0.3, 0.4) is 0 Å². The number of anilines is 1. The number of hydrogen-bond acceptors (Lipinski definition) is 4. The summed E-state index contributed by atoms with van der Waals surface area (Å²) < 4.78 is 5.17. The highest BCUT2D eigenvalue weighted by Crippen LogP contribution is 2.24. The van der Waals surface area contributed by atoms with Crippen molar-refractivity contribution < 1.29 is 19.4 Å². The summed E-state index contributed by atoms with van der Waals surface area (Å²) in [6, 6.07) is 8.28. The Morgan fingerprint density at radius 3 is 2.52 bits per heavy atom. The van der Waals surface area contributed by atoms with Gasteiger partial charge >= 0.3 is 12.1 Å². The van der Waals surface area contributed by atoms with Gasteiger partial charge in [-0.05, 0) is 32.9 Å². The molecule has 1 amide bonds. The highest BCUT2D eigenvalue weighted by molar-refractivity contribution is 6.01. The molecule has 0 unspecified atom stereocenters. The van der Waals surface area contributed by atoms with Gasteiger partial charge in [0.2, 0.25) is 0 Å². The van der Waals surface area contributed by atoms with E-state index in [0.29, 0.717) is 16.6 Å². The molecule has 1 heterocycles. The monoisotopic (exact) mass is 288 g/mol. The molecule has 0 bridgehead atoms. The van der Waals surface area contributed by atoms with Crippen molar-refractivity contribution in [2.45, 2.75) is 26.4 Å². The van der Waals surface area contributed by atoms with Gasteiger partial charge in [0.15, 0.2) is 5.69 Å². The largest absolute Gasteiger partial charge is 0.477 e. The number of hydrogen-bond donors (Lipinski definition) is 2. The molecule has 0 atom stereocenters. The smallest absolute Gasteiger partial charge is 0.412 e. The number of ether oxygens (including phenoxy) is 1. The first kappa shape index (κ1) is 14.8. The van der Waals surface area contributed by atoms with Gasteiger partial charge in [-0.1, -0.05) is 18.2 Å². The number of amides is 1. The zero-order valence-electron chi connectivity index (χ0n) is 12.0. The third-order valence-corrected chi connectivity index (χ3v) is 2.57. The summed E-state index contributed by atoms with van der Waals surface area (Å²) in [5.74, 6) is -1.16. The summed E-state index contributed by atoms with van der Waals surface area (Å²) in [6.07, 6.45) is -0.643. The Morgan fingerprint density at radius 2 is 1.90 bits per heavy atom. The lowest BCUT2D eigenvalue weighted by Gasteiger charge is -2.20. The number of carboxylic acids is 1. The first-order chi connectivity index (χ1) is 9.76. The Kier molecular flexibility index (Phi) is 3.80. The van der Waals surface area contributed by atoms with Gasteiger partial charge in [0.1, 0.15) is 5.60 Å². The minimum Gasteiger partial charge on any atom is -0.477 e. The fraction of sp³-hybridized carbons (Fsp3) is 0.267. The fourth-order valence-corrected chi connectivity index (χ4v) is 1.80. The summed E-state index contributed by atoms with van der Waals surface area (Å²) >= 11 is 0. The standard InChI is InChI=1S/C15H16N2O4/c1-15(2,3)21-14(20)17-11-8-12(13(18)19)16-10-7-5-4-6-9(10)11/h4-8H,1-3H3,(H,18,19)(H,16,17,20). The molecule has 0 fully saturated rings. The van der Waals surface area contributed by atoms with E-state index in [-0.39, 0.29) is 5.69 Å². The number of aromatic carboxylic acids is 1. The summed E-state index contributed by atoms with van der Waals surface area (Å²) in [4.78, 5) is 27.0. The molecule has 0 saturated carbocycles. The van der Waals surface area contributed by atoms with Gasteiger partial charge in [-0.25, -0.2) is 14.6 Å². The molecule has 0 aliphatic rings. The number of carboxylic acid groups (broad SMARTS) is 1. The molecule has 1 aromatic carbocycles. The first-order valence-corrected chi connectivity index (χ1v) is 6.39. The van der Waals surface area contributed by atoms with Gasteiger partial charge in [-0.3, -0.25) is 5.32 Å². The van der Waals surface area contributed by atoms with Crippen molar-refractivity contribution in [2.24, 2.45) is 0 Å². The van der Waals surface area contributed by atoms with Crippen LogP contribution in [0.4, 0.5) is 10.5 Å². The van der Waals surface area contributed by atoms with Crippen molar-refractivity contribution in [3.05, 3.63) is 36.0 Å². The van der Waals surface area contributed by atoms with Crippen LogP contribution in [-0.2, 0) is 4.74 Å². The maximum absolute atomic E-state index is 11.9. The van der Waals surface area contributed by atoms with E-state index in [1.54, 1.807) is 45.0 Å². The molecular weight excluding hydrogens is 272 g/mol. The summed E-state index contributed by atoms with van der Waals surface area (Å²) in [5.41, 5.74) is 0.0678. The van der Waals surface area contributed by atoms with Gasteiger partial charge in [0.25, 0.3) is 0 Å². The zero-order valence-corrected chi connectivity index (χ0v) is 12.0. The number of para-hydroxylation sites is 1. The molecule has 110 valence electrons. The zero-order chi connectivity index (χ0) is 15.6. The molecule has 0 aliphatic heterocycles. The maximum Gasteiger partial charge on any atom is 0.412 e. The Bertz CT molecular complexity index is 704. The number of pyridine rings is 1.